The molecule has 3 aromatic rings. The minimum absolute atomic E-state index is 0.127. The summed E-state index contributed by atoms with van der Waals surface area (Å²) in [5.41, 5.74) is 0.810. The monoisotopic (exact) mass is 240 g/mol. The van der Waals surface area contributed by atoms with Crippen molar-refractivity contribution in [1.82, 2.24) is 0 Å². The minimum Gasteiger partial charge on any atom is -0.508 e. The van der Waals surface area contributed by atoms with Gasteiger partial charge in [0.05, 0.1) is 0 Å². The maximum atomic E-state index is 9.70. The zero-order valence-corrected chi connectivity index (χ0v) is 9.81. The van der Waals surface area contributed by atoms with Crippen molar-refractivity contribution < 1.29 is 15.3 Å². The number of hydrogen-bond donors (Lipinski definition) is 3. The summed E-state index contributed by atoms with van der Waals surface area (Å²) in [6.45, 7) is 1.84. The predicted octanol–water partition coefficient (Wildman–Crippen LogP) is 3.42. The van der Waals surface area contributed by atoms with Gasteiger partial charge in [-0.2, -0.15) is 0 Å². The Labute approximate surface area is 104 Å². The summed E-state index contributed by atoms with van der Waals surface area (Å²) in [7, 11) is 0. The highest BCUT2D eigenvalue weighted by molar-refractivity contribution is 6.00. The first kappa shape index (κ1) is 10.7. The van der Waals surface area contributed by atoms with Gasteiger partial charge in [-0.1, -0.05) is 0 Å². The first-order chi connectivity index (χ1) is 8.54. The lowest BCUT2D eigenvalue weighted by Crippen LogP contribution is -1.80. The third kappa shape index (κ3) is 1.52. The number of hydrogen-bond acceptors (Lipinski definition) is 3. The SMILES string of the molecule is Cc1cc2cc3cc(O)c(O)cc3cc2cc1O. The zero-order valence-electron chi connectivity index (χ0n) is 9.81. The van der Waals surface area contributed by atoms with Gasteiger partial charge in [-0.3, -0.25) is 0 Å². The first-order valence-electron chi connectivity index (χ1n) is 5.63. The van der Waals surface area contributed by atoms with Gasteiger partial charge in [0.2, 0.25) is 0 Å². The fourth-order valence-electron chi connectivity index (χ4n) is 2.18. The van der Waals surface area contributed by atoms with Gasteiger partial charge in [-0.05, 0) is 70.4 Å². The van der Waals surface area contributed by atoms with Gasteiger partial charge in [0, 0.05) is 0 Å². The van der Waals surface area contributed by atoms with Crippen LogP contribution >= 0.6 is 0 Å². The summed E-state index contributed by atoms with van der Waals surface area (Å²) in [4.78, 5) is 0. The van der Waals surface area contributed by atoms with Gasteiger partial charge in [-0.25, -0.2) is 0 Å². The Morgan fingerprint density at radius 2 is 0.944 bits per heavy atom. The van der Waals surface area contributed by atoms with Gasteiger partial charge in [0.15, 0.2) is 11.5 Å². The zero-order chi connectivity index (χ0) is 12.9. The van der Waals surface area contributed by atoms with Crippen molar-refractivity contribution in [2.45, 2.75) is 6.92 Å². The molecule has 0 amide bonds. The highest BCUT2D eigenvalue weighted by Gasteiger charge is 2.05. The quantitative estimate of drug-likeness (QED) is 0.417. The van der Waals surface area contributed by atoms with E-state index in [0.29, 0.717) is 0 Å². The van der Waals surface area contributed by atoms with E-state index < -0.39 is 0 Å². The lowest BCUT2D eigenvalue weighted by atomic mass is 10.0. The lowest BCUT2D eigenvalue weighted by molar-refractivity contribution is 0.405. The van der Waals surface area contributed by atoms with Crippen LogP contribution in [0.5, 0.6) is 17.2 Å². The first-order valence-corrected chi connectivity index (χ1v) is 5.63. The van der Waals surface area contributed by atoms with E-state index in [1.54, 1.807) is 6.07 Å². The number of fused-ring (bicyclic) bond motifs is 2. The molecule has 3 N–H and O–H groups in total. The number of phenols is 3. The van der Waals surface area contributed by atoms with Gasteiger partial charge >= 0.3 is 0 Å². The van der Waals surface area contributed by atoms with Crippen molar-refractivity contribution in [1.29, 1.82) is 0 Å². The van der Waals surface area contributed by atoms with E-state index in [1.165, 1.54) is 12.1 Å². The third-order valence-corrected chi connectivity index (χ3v) is 3.20. The van der Waals surface area contributed by atoms with Gasteiger partial charge in [0.25, 0.3) is 0 Å². The summed E-state index contributed by atoms with van der Waals surface area (Å²) in [6.07, 6.45) is 0. The molecular weight excluding hydrogens is 228 g/mol. The Balaban J connectivity index is 2.43. The molecule has 0 atom stereocenters. The normalized spacial score (nSPS) is 11.2. The molecule has 3 aromatic carbocycles. The minimum atomic E-state index is -0.141. The van der Waals surface area contributed by atoms with Crippen molar-refractivity contribution >= 4 is 21.5 Å². The van der Waals surface area contributed by atoms with Crippen LogP contribution < -0.4 is 0 Å². The molecule has 0 spiro atoms. The predicted molar refractivity (Wildman–Crippen MR) is 71.2 cm³/mol. The summed E-state index contributed by atoms with van der Waals surface area (Å²) in [5.74, 6) is -0.0135. The second-order valence-corrected chi connectivity index (χ2v) is 4.53. The molecule has 0 aliphatic rings. The van der Waals surface area contributed by atoms with E-state index in [2.05, 4.69) is 0 Å². The van der Waals surface area contributed by atoms with Crippen molar-refractivity contribution in [2.75, 3.05) is 0 Å². The molecule has 0 saturated carbocycles. The number of phenolic OH excluding ortho intramolecular Hbond substituents is 3. The Bertz CT molecular complexity index is 647. The van der Waals surface area contributed by atoms with E-state index in [-0.39, 0.29) is 17.2 Å². The molecule has 0 unspecified atom stereocenters. The molecule has 0 radical (unpaired) electrons. The van der Waals surface area contributed by atoms with Crippen LogP contribution in [0.15, 0.2) is 36.4 Å². The molecular formula is C15H12O3. The van der Waals surface area contributed by atoms with Crippen LogP contribution in [0.25, 0.3) is 21.5 Å². The van der Waals surface area contributed by atoms with Crippen LogP contribution in [-0.2, 0) is 0 Å². The summed E-state index contributed by atoms with van der Waals surface area (Å²) in [6, 6.07) is 10.5. The molecule has 90 valence electrons. The van der Waals surface area contributed by atoms with Gasteiger partial charge in [-0.15, -0.1) is 0 Å². The fourth-order valence-corrected chi connectivity index (χ4v) is 2.18. The van der Waals surface area contributed by atoms with Crippen LogP contribution in [0.4, 0.5) is 0 Å². The number of rotatable bonds is 0. The highest BCUT2D eigenvalue weighted by atomic mass is 16.3. The maximum absolute atomic E-state index is 9.70. The molecule has 3 heteroatoms. The Morgan fingerprint density at radius 3 is 1.44 bits per heavy atom. The molecule has 0 bridgehead atoms. The van der Waals surface area contributed by atoms with Crippen molar-refractivity contribution in [3.05, 3.63) is 42.0 Å². The largest absolute Gasteiger partial charge is 0.508 e. The van der Waals surface area contributed by atoms with E-state index in [1.807, 2.05) is 25.1 Å². The molecule has 0 aromatic heterocycles. The van der Waals surface area contributed by atoms with Crippen LogP contribution in [0.1, 0.15) is 5.56 Å². The summed E-state index contributed by atoms with van der Waals surface area (Å²) >= 11 is 0. The molecule has 0 saturated heterocycles. The van der Waals surface area contributed by atoms with E-state index in [9.17, 15) is 15.3 Å². The number of benzene rings is 3. The van der Waals surface area contributed by atoms with Crippen molar-refractivity contribution in [2.24, 2.45) is 0 Å². The molecule has 0 heterocycles. The standard InChI is InChI=1S/C15H12O3/c1-8-2-9-3-11-6-14(17)15(18)7-12(11)4-10(9)5-13(8)16/h2-7,16-18H,1H3. The summed E-state index contributed by atoms with van der Waals surface area (Å²) < 4.78 is 0. The second-order valence-electron chi connectivity index (χ2n) is 4.53. The Hall–Kier alpha value is -2.42. The maximum Gasteiger partial charge on any atom is 0.158 e. The second kappa shape index (κ2) is 3.53. The third-order valence-electron chi connectivity index (χ3n) is 3.20. The molecule has 0 fully saturated rings. The summed E-state index contributed by atoms with van der Waals surface area (Å²) in [5, 5.41) is 32.2. The molecule has 3 rings (SSSR count). The van der Waals surface area contributed by atoms with Crippen molar-refractivity contribution in [3.8, 4) is 17.2 Å². The van der Waals surface area contributed by atoms with E-state index >= 15 is 0 Å². The molecule has 3 nitrogen and oxygen atoms in total. The Kier molecular flexibility index (Phi) is 2.10. The fraction of sp³-hybridized carbons (Fsp3) is 0.0667. The number of aryl methyl sites for hydroxylation is 1. The van der Waals surface area contributed by atoms with Crippen molar-refractivity contribution in [3.63, 3.8) is 0 Å². The van der Waals surface area contributed by atoms with Gasteiger partial charge < -0.3 is 15.3 Å². The average molecular weight is 240 g/mol. The van der Waals surface area contributed by atoms with Crippen LogP contribution in [-0.4, -0.2) is 15.3 Å². The van der Waals surface area contributed by atoms with Crippen LogP contribution in [0.3, 0.4) is 0 Å². The number of aromatic hydroxyl groups is 3. The van der Waals surface area contributed by atoms with E-state index in [0.717, 1.165) is 27.1 Å². The average Bonchev–Trinajstić information content (AvgIpc) is 2.31. The highest BCUT2D eigenvalue weighted by Crippen LogP contribution is 2.34. The molecule has 0 aliphatic carbocycles. The molecule has 18 heavy (non-hydrogen) atoms. The van der Waals surface area contributed by atoms with Gasteiger partial charge in [0.1, 0.15) is 5.75 Å². The Morgan fingerprint density at radius 1 is 0.556 bits per heavy atom. The lowest BCUT2D eigenvalue weighted by Gasteiger charge is -2.06. The van der Waals surface area contributed by atoms with E-state index in [4.69, 9.17) is 0 Å². The van der Waals surface area contributed by atoms with Crippen LogP contribution in [0, 0.1) is 6.92 Å². The van der Waals surface area contributed by atoms with Crippen LogP contribution in [0.2, 0.25) is 0 Å². The smallest absolute Gasteiger partial charge is 0.158 e. The topological polar surface area (TPSA) is 60.7 Å². The molecule has 0 aliphatic heterocycles.